The normalized spacial score (nSPS) is 16.9. The van der Waals surface area contributed by atoms with E-state index in [-0.39, 0.29) is 11.8 Å². The molecule has 0 aromatic heterocycles. The van der Waals surface area contributed by atoms with Crippen molar-refractivity contribution in [2.45, 2.75) is 11.8 Å². The van der Waals surface area contributed by atoms with E-state index in [0.717, 1.165) is 5.56 Å². The molecule has 0 spiro atoms. The van der Waals surface area contributed by atoms with Crippen LogP contribution in [0.2, 0.25) is 0 Å². The van der Waals surface area contributed by atoms with Gasteiger partial charge < -0.3 is 5.11 Å². The Morgan fingerprint density at radius 1 is 1.23 bits per heavy atom. The number of allylic oxidation sites excluding steroid dienone is 2. The molecule has 2 rings (SSSR count). The van der Waals surface area contributed by atoms with Crippen LogP contribution in [0.1, 0.15) is 12.0 Å². The van der Waals surface area contributed by atoms with Gasteiger partial charge in [0.1, 0.15) is 0 Å². The molecule has 1 aliphatic carbocycles. The lowest BCUT2D eigenvalue weighted by Crippen LogP contribution is -2.14. The fraction of sp³-hybridized carbons (Fsp3) is 0.182. The zero-order valence-electron chi connectivity index (χ0n) is 7.10. The minimum Gasteiger partial charge on any atom is -0.481 e. The van der Waals surface area contributed by atoms with Crippen LogP contribution in [0.25, 0.3) is 0 Å². The van der Waals surface area contributed by atoms with Crippen molar-refractivity contribution < 1.29 is 9.90 Å². The van der Waals surface area contributed by atoms with Crippen LogP contribution >= 0.6 is 0 Å². The molecule has 0 bridgehead atoms. The minimum atomic E-state index is -0.756. The second kappa shape index (κ2) is 2.73. The van der Waals surface area contributed by atoms with Gasteiger partial charge in [-0.25, -0.2) is 0 Å². The molecule has 2 nitrogen and oxygen atoms in total. The van der Waals surface area contributed by atoms with E-state index >= 15 is 0 Å². The van der Waals surface area contributed by atoms with Crippen LogP contribution in [-0.2, 0) is 10.2 Å². The average molecular weight is 174 g/mol. The summed E-state index contributed by atoms with van der Waals surface area (Å²) < 4.78 is 0. The second-order valence-electron chi connectivity index (χ2n) is 3.31. The van der Waals surface area contributed by atoms with E-state index in [0.29, 0.717) is 0 Å². The fourth-order valence-corrected chi connectivity index (χ4v) is 1.51. The van der Waals surface area contributed by atoms with Crippen molar-refractivity contribution in [3.8, 4) is 0 Å². The van der Waals surface area contributed by atoms with Crippen LogP contribution in [0.3, 0.4) is 0 Å². The Labute approximate surface area is 76.5 Å². The van der Waals surface area contributed by atoms with Crippen LogP contribution < -0.4 is 0 Å². The smallest absolute Gasteiger partial charge is 0.304 e. The average Bonchev–Trinajstić information content (AvgIpc) is 2.86. The third kappa shape index (κ3) is 1.47. The first-order valence-electron chi connectivity index (χ1n) is 4.21. The Morgan fingerprint density at radius 2 is 1.85 bits per heavy atom. The summed E-state index contributed by atoms with van der Waals surface area (Å²) in [6.45, 7) is 0. The summed E-state index contributed by atoms with van der Waals surface area (Å²) >= 11 is 0. The Kier molecular flexibility index (Phi) is 1.69. The molecule has 0 fully saturated rings. The summed E-state index contributed by atoms with van der Waals surface area (Å²) in [4.78, 5) is 10.6. The lowest BCUT2D eigenvalue weighted by molar-refractivity contribution is -0.137. The molecule has 0 aliphatic heterocycles. The zero-order valence-corrected chi connectivity index (χ0v) is 7.10. The molecular formula is C11H10O2. The quantitative estimate of drug-likeness (QED) is 0.711. The van der Waals surface area contributed by atoms with Crippen LogP contribution in [0.4, 0.5) is 0 Å². The largest absolute Gasteiger partial charge is 0.481 e. The highest BCUT2D eigenvalue weighted by Gasteiger charge is 2.37. The molecule has 1 aliphatic rings. The minimum absolute atomic E-state index is 0.164. The van der Waals surface area contributed by atoms with Crippen molar-refractivity contribution in [2.24, 2.45) is 0 Å². The molecular weight excluding hydrogens is 164 g/mol. The Morgan fingerprint density at radius 3 is 2.31 bits per heavy atom. The molecule has 0 amide bonds. The van der Waals surface area contributed by atoms with E-state index in [1.165, 1.54) is 0 Å². The molecule has 66 valence electrons. The third-order valence-corrected chi connectivity index (χ3v) is 2.32. The highest BCUT2D eigenvalue weighted by molar-refractivity contribution is 5.73. The van der Waals surface area contributed by atoms with Crippen LogP contribution in [0, 0.1) is 0 Å². The third-order valence-electron chi connectivity index (χ3n) is 2.32. The molecule has 0 heterocycles. The second-order valence-corrected chi connectivity index (χ2v) is 3.31. The van der Waals surface area contributed by atoms with Crippen molar-refractivity contribution in [3.63, 3.8) is 0 Å². The number of aliphatic carboxylic acids is 1. The van der Waals surface area contributed by atoms with Gasteiger partial charge in [0.05, 0.1) is 6.42 Å². The van der Waals surface area contributed by atoms with Crippen LogP contribution in [0.5, 0.6) is 0 Å². The maximum absolute atomic E-state index is 10.6. The zero-order chi connectivity index (χ0) is 9.31. The first-order chi connectivity index (χ1) is 6.23. The summed E-state index contributed by atoms with van der Waals surface area (Å²) in [6, 6.07) is 9.71. The lowest BCUT2D eigenvalue weighted by Gasteiger charge is -2.12. The van der Waals surface area contributed by atoms with Gasteiger partial charge in [-0.15, -0.1) is 0 Å². The number of rotatable bonds is 3. The van der Waals surface area contributed by atoms with Gasteiger partial charge in [0.15, 0.2) is 0 Å². The van der Waals surface area contributed by atoms with Gasteiger partial charge in [-0.2, -0.15) is 0 Å². The summed E-state index contributed by atoms with van der Waals surface area (Å²) in [5.74, 6) is -0.756. The highest BCUT2D eigenvalue weighted by Crippen LogP contribution is 2.41. The van der Waals surface area contributed by atoms with E-state index in [9.17, 15) is 4.79 Å². The molecule has 1 N–H and O–H groups in total. The number of carboxylic acids is 1. The maximum atomic E-state index is 10.6. The number of benzene rings is 1. The number of carboxylic acid groups (broad SMARTS) is 1. The maximum Gasteiger partial charge on any atom is 0.304 e. The molecule has 1 aromatic rings. The monoisotopic (exact) mass is 174 g/mol. The van der Waals surface area contributed by atoms with Crippen molar-refractivity contribution >= 4 is 5.97 Å². The Hall–Kier alpha value is -1.57. The SMILES string of the molecule is O=C(O)CC1(c2ccccc2)C=C1. The van der Waals surface area contributed by atoms with Gasteiger partial charge >= 0.3 is 5.97 Å². The number of hydrogen-bond acceptors (Lipinski definition) is 1. The van der Waals surface area contributed by atoms with Gasteiger partial charge in [-0.05, 0) is 5.56 Å². The Balaban J connectivity index is 2.21. The Bertz CT molecular complexity index is 346. The summed E-state index contributed by atoms with van der Waals surface area (Å²) in [5, 5.41) is 8.71. The van der Waals surface area contributed by atoms with Gasteiger partial charge in [0.2, 0.25) is 0 Å². The number of hydrogen-bond donors (Lipinski definition) is 1. The van der Waals surface area contributed by atoms with Gasteiger partial charge in [-0.1, -0.05) is 42.5 Å². The van der Waals surface area contributed by atoms with Crippen molar-refractivity contribution in [1.29, 1.82) is 0 Å². The van der Waals surface area contributed by atoms with Crippen LogP contribution in [0.15, 0.2) is 42.5 Å². The summed E-state index contributed by atoms with van der Waals surface area (Å²) in [7, 11) is 0. The predicted octanol–water partition coefficient (Wildman–Crippen LogP) is 1.97. The fourth-order valence-electron chi connectivity index (χ4n) is 1.51. The van der Waals surface area contributed by atoms with E-state index in [2.05, 4.69) is 0 Å². The lowest BCUT2D eigenvalue weighted by atomic mass is 9.90. The highest BCUT2D eigenvalue weighted by atomic mass is 16.4. The molecule has 2 heteroatoms. The van der Waals surface area contributed by atoms with Crippen molar-refractivity contribution in [3.05, 3.63) is 48.0 Å². The molecule has 13 heavy (non-hydrogen) atoms. The summed E-state index contributed by atoms with van der Waals surface area (Å²) in [5.41, 5.74) is 0.782. The molecule has 0 saturated carbocycles. The van der Waals surface area contributed by atoms with E-state index in [1.807, 2.05) is 42.5 Å². The summed E-state index contributed by atoms with van der Waals surface area (Å²) in [6.07, 6.45) is 4.05. The molecule has 0 radical (unpaired) electrons. The molecule has 0 unspecified atom stereocenters. The standard InChI is InChI=1S/C11H10O2/c12-10(13)8-11(6-7-11)9-4-2-1-3-5-9/h1-7H,8H2,(H,12,13). The van der Waals surface area contributed by atoms with Crippen LogP contribution in [-0.4, -0.2) is 11.1 Å². The first-order valence-corrected chi connectivity index (χ1v) is 4.21. The number of carbonyl (C=O) groups is 1. The van der Waals surface area contributed by atoms with Gasteiger partial charge in [0.25, 0.3) is 0 Å². The van der Waals surface area contributed by atoms with E-state index in [1.54, 1.807) is 0 Å². The predicted molar refractivity (Wildman–Crippen MR) is 49.5 cm³/mol. The first kappa shape index (κ1) is 8.05. The van der Waals surface area contributed by atoms with Crippen molar-refractivity contribution in [1.82, 2.24) is 0 Å². The topological polar surface area (TPSA) is 37.3 Å². The van der Waals surface area contributed by atoms with Gasteiger partial charge in [-0.3, -0.25) is 4.79 Å². The molecule has 1 aromatic carbocycles. The van der Waals surface area contributed by atoms with E-state index in [4.69, 9.17) is 5.11 Å². The van der Waals surface area contributed by atoms with E-state index < -0.39 is 5.97 Å². The molecule has 0 atom stereocenters. The van der Waals surface area contributed by atoms with Crippen molar-refractivity contribution in [2.75, 3.05) is 0 Å². The molecule has 0 saturated heterocycles. The van der Waals surface area contributed by atoms with Gasteiger partial charge in [0, 0.05) is 5.41 Å².